The lowest BCUT2D eigenvalue weighted by atomic mass is 10.6. The molecule has 0 spiro atoms. The molecule has 0 aromatic carbocycles. The van der Waals surface area contributed by atoms with Crippen molar-refractivity contribution in [3.8, 4) is 0 Å². The third-order valence-electron chi connectivity index (χ3n) is 1.66. The molecular weight excluding hydrogens is 190 g/mol. The summed E-state index contributed by atoms with van der Waals surface area (Å²) in [4.78, 5) is 0. The lowest BCUT2D eigenvalue weighted by Crippen LogP contribution is -2.26. The van der Waals surface area contributed by atoms with Gasteiger partial charge in [0.1, 0.15) is 0 Å². The van der Waals surface area contributed by atoms with E-state index in [0.29, 0.717) is 26.3 Å². The summed E-state index contributed by atoms with van der Waals surface area (Å²) in [6.07, 6.45) is 0. The van der Waals surface area contributed by atoms with Gasteiger partial charge in [0, 0.05) is 25.4 Å². The minimum Gasteiger partial charge on any atom is -0.380 e. The summed E-state index contributed by atoms with van der Waals surface area (Å²) < 4.78 is 27.1. The van der Waals surface area contributed by atoms with Gasteiger partial charge in [0.2, 0.25) is 0 Å². The first-order chi connectivity index (χ1) is 6.12. The number of ether oxygens (including phenoxy) is 1. The van der Waals surface area contributed by atoms with Crippen molar-refractivity contribution in [3.63, 3.8) is 0 Å². The molecule has 0 aliphatic rings. The van der Waals surface area contributed by atoms with E-state index in [0.717, 1.165) is 0 Å². The fourth-order valence-corrected chi connectivity index (χ4v) is 1.53. The van der Waals surface area contributed by atoms with Gasteiger partial charge in [-0.15, -0.1) is 0 Å². The molecule has 0 aromatic rings. The van der Waals surface area contributed by atoms with Crippen LogP contribution in [-0.2, 0) is 14.6 Å². The Kier molecular flexibility index (Phi) is 7.22. The Labute approximate surface area is 80.6 Å². The minimum absolute atomic E-state index is 0.218. The van der Waals surface area contributed by atoms with E-state index in [1.807, 2.05) is 6.92 Å². The van der Waals surface area contributed by atoms with Crippen molar-refractivity contribution in [3.05, 3.63) is 0 Å². The normalized spacial score (nSPS) is 11.8. The monoisotopic (exact) mass is 209 g/mol. The van der Waals surface area contributed by atoms with Crippen LogP contribution in [0.2, 0.25) is 0 Å². The summed E-state index contributed by atoms with van der Waals surface area (Å²) in [6, 6.07) is 0. The fraction of sp³-hybridized carbons (Fsp3) is 1.00. The molecule has 13 heavy (non-hydrogen) atoms. The molecule has 0 saturated carbocycles. The molecule has 0 bridgehead atoms. The molecule has 0 aliphatic carbocycles. The van der Waals surface area contributed by atoms with E-state index < -0.39 is 9.84 Å². The van der Waals surface area contributed by atoms with E-state index in [2.05, 4.69) is 5.32 Å². The molecule has 0 aromatic heterocycles. The summed E-state index contributed by atoms with van der Waals surface area (Å²) in [5.41, 5.74) is 0. The van der Waals surface area contributed by atoms with Crippen LogP contribution in [0.15, 0.2) is 0 Å². The van der Waals surface area contributed by atoms with Crippen LogP contribution >= 0.6 is 0 Å². The zero-order valence-corrected chi connectivity index (χ0v) is 9.19. The second-order valence-corrected chi connectivity index (χ2v) is 5.16. The first-order valence-electron chi connectivity index (χ1n) is 4.61. The van der Waals surface area contributed by atoms with Gasteiger partial charge in [0.05, 0.1) is 12.4 Å². The first kappa shape index (κ1) is 12.9. The Morgan fingerprint density at radius 3 is 2.46 bits per heavy atom. The van der Waals surface area contributed by atoms with Gasteiger partial charge in [-0.1, -0.05) is 6.92 Å². The van der Waals surface area contributed by atoms with Gasteiger partial charge in [-0.3, -0.25) is 0 Å². The van der Waals surface area contributed by atoms with Crippen molar-refractivity contribution in [2.24, 2.45) is 0 Å². The highest BCUT2D eigenvalue weighted by atomic mass is 32.2. The van der Waals surface area contributed by atoms with E-state index in [1.54, 1.807) is 6.92 Å². The van der Waals surface area contributed by atoms with Crippen molar-refractivity contribution < 1.29 is 13.2 Å². The largest absolute Gasteiger partial charge is 0.380 e. The highest BCUT2D eigenvalue weighted by molar-refractivity contribution is 7.91. The highest BCUT2D eigenvalue weighted by Crippen LogP contribution is 1.86. The molecule has 0 fully saturated rings. The van der Waals surface area contributed by atoms with Gasteiger partial charge in [-0.2, -0.15) is 0 Å². The number of nitrogens with one attached hydrogen (secondary N) is 1. The van der Waals surface area contributed by atoms with Crippen LogP contribution in [-0.4, -0.2) is 46.2 Å². The standard InChI is InChI=1S/C8H19NO3S/c1-3-12-7-5-9-6-8-13(10,11)4-2/h9H,3-8H2,1-2H3. The zero-order chi connectivity index (χ0) is 10.2. The molecule has 0 saturated heterocycles. The third kappa shape index (κ3) is 8.21. The van der Waals surface area contributed by atoms with Crippen LogP contribution in [0, 0.1) is 0 Å². The Morgan fingerprint density at radius 2 is 1.92 bits per heavy atom. The lowest BCUT2D eigenvalue weighted by molar-refractivity contribution is 0.150. The topological polar surface area (TPSA) is 55.4 Å². The first-order valence-corrected chi connectivity index (χ1v) is 6.43. The SMILES string of the molecule is CCOCCNCCS(=O)(=O)CC. The van der Waals surface area contributed by atoms with E-state index in [9.17, 15) is 8.42 Å². The maximum Gasteiger partial charge on any atom is 0.151 e. The van der Waals surface area contributed by atoms with Gasteiger partial charge in [-0.25, -0.2) is 8.42 Å². The number of sulfone groups is 1. The number of hydrogen-bond acceptors (Lipinski definition) is 4. The Bertz CT molecular complexity index is 201. The minimum atomic E-state index is -2.82. The second kappa shape index (κ2) is 7.29. The lowest BCUT2D eigenvalue weighted by Gasteiger charge is -2.04. The Balaban J connectivity index is 3.26. The van der Waals surface area contributed by atoms with Crippen LogP contribution in [0.4, 0.5) is 0 Å². The number of rotatable bonds is 8. The Morgan fingerprint density at radius 1 is 1.23 bits per heavy atom. The van der Waals surface area contributed by atoms with Crippen molar-refractivity contribution in [1.82, 2.24) is 5.32 Å². The summed E-state index contributed by atoms with van der Waals surface area (Å²) in [6.45, 7) is 6.17. The molecule has 0 heterocycles. The van der Waals surface area contributed by atoms with E-state index in [4.69, 9.17) is 4.74 Å². The van der Waals surface area contributed by atoms with Crippen LogP contribution in [0.1, 0.15) is 13.8 Å². The second-order valence-electron chi connectivity index (χ2n) is 2.68. The van der Waals surface area contributed by atoms with Gasteiger partial charge < -0.3 is 10.1 Å². The average molecular weight is 209 g/mol. The van der Waals surface area contributed by atoms with Gasteiger partial charge in [-0.05, 0) is 6.92 Å². The molecule has 0 radical (unpaired) electrons. The fourth-order valence-electron chi connectivity index (χ4n) is 0.786. The van der Waals surface area contributed by atoms with Crippen molar-refractivity contribution in [1.29, 1.82) is 0 Å². The summed E-state index contributed by atoms with van der Waals surface area (Å²) in [7, 11) is -2.82. The molecule has 0 rings (SSSR count). The van der Waals surface area contributed by atoms with Crippen LogP contribution in [0.25, 0.3) is 0 Å². The van der Waals surface area contributed by atoms with E-state index in [1.165, 1.54) is 0 Å². The van der Waals surface area contributed by atoms with Gasteiger partial charge >= 0.3 is 0 Å². The van der Waals surface area contributed by atoms with Gasteiger partial charge in [0.25, 0.3) is 0 Å². The third-order valence-corrected chi connectivity index (χ3v) is 3.36. The van der Waals surface area contributed by atoms with Crippen molar-refractivity contribution in [2.45, 2.75) is 13.8 Å². The van der Waals surface area contributed by atoms with E-state index in [-0.39, 0.29) is 11.5 Å². The molecule has 0 amide bonds. The number of hydrogen-bond donors (Lipinski definition) is 1. The molecule has 0 atom stereocenters. The van der Waals surface area contributed by atoms with Crippen molar-refractivity contribution in [2.75, 3.05) is 37.8 Å². The molecular formula is C8H19NO3S. The molecule has 5 heteroatoms. The Hall–Kier alpha value is -0.130. The molecule has 80 valence electrons. The smallest absolute Gasteiger partial charge is 0.151 e. The predicted octanol–water partition coefficient (Wildman–Crippen LogP) is 0.0472. The summed E-state index contributed by atoms with van der Waals surface area (Å²) in [5, 5.41) is 3.01. The quantitative estimate of drug-likeness (QED) is 0.574. The predicted molar refractivity (Wildman–Crippen MR) is 53.7 cm³/mol. The average Bonchev–Trinajstić information content (AvgIpc) is 2.11. The maximum atomic E-state index is 11.0. The van der Waals surface area contributed by atoms with Crippen LogP contribution in [0.3, 0.4) is 0 Å². The van der Waals surface area contributed by atoms with Crippen LogP contribution < -0.4 is 5.32 Å². The molecule has 4 nitrogen and oxygen atoms in total. The molecule has 1 N–H and O–H groups in total. The molecule has 0 unspecified atom stereocenters. The summed E-state index contributed by atoms with van der Waals surface area (Å²) >= 11 is 0. The zero-order valence-electron chi connectivity index (χ0n) is 8.38. The summed E-state index contributed by atoms with van der Waals surface area (Å²) in [5.74, 6) is 0.440. The van der Waals surface area contributed by atoms with E-state index >= 15 is 0 Å². The van der Waals surface area contributed by atoms with Gasteiger partial charge in [0.15, 0.2) is 9.84 Å². The molecule has 0 aliphatic heterocycles. The van der Waals surface area contributed by atoms with Crippen LogP contribution in [0.5, 0.6) is 0 Å². The van der Waals surface area contributed by atoms with Crippen molar-refractivity contribution >= 4 is 9.84 Å². The highest BCUT2D eigenvalue weighted by Gasteiger charge is 2.05. The maximum absolute atomic E-state index is 11.0.